The van der Waals surface area contributed by atoms with Crippen molar-refractivity contribution in [1.82, 2.24) is 14.5 Å². The highest BCUT2D eigenvalue weighted by Gasteiger charge is 2.33. The highest BCUT2D eigenvalue weighted by atomic mass is 19.1. The van der Waals surface area contributed by atoms with Gasteiger partial charge in [0.2, 0.25) is 0 Å². The van der Waals surface area contributed by atoms with Crippen LogP contribution in [0.4, 0.5) is 4.39 Å². The standard InChI is InChI=1S/C21H20FN3O/c1-24-12-11-23-20(24)14-25(19-9-10-19)21(26)16-7-5-15(6-8-16)17-3-2-4-18(22)13-17/h2-8,11-13,19H,9-10,14H2,1H3. The van der Waals surface area contributed by atoms with Gasteiger partial charge >= 0.3 is 0 Å². The highest BCUT2D eigenvalue weighted by Crippen LogP contribution is 2.30. The lowest BCUT2D eigenvalue weighted by molar-refractivity contribution is 0.0724. The number of carbonyl (C=O) groups excluding carboxylic acids is 1. The molecular weight excluding hydrogens is 329 g/mol. The van der Waals surface area contributed by atoms with Gasteiger partial charge in [-0.1, -0.05) is 24.3 Å². The van der Waals surface area contributed by atoms with E-state index in [0.717, 1.165) is 29.8 Å². The van der Waals surface area contributed by atoms with E-state index < -0.39 is 0 Å². The fraction of sp³-hybridized carbons (Fsp3) is 0.238. The van der Waals surface area contributed by atoms with Crippen molar-refractivity contribution >= 4 is 5.91 Å². The second-order valence-electron chi connectivity index (χ2n) is 6.71. The summed E-state index contributed by atoms with van der Waals surface area (Å²) in [7, 11) is 1.94. The smallest absolute Gasteiger partial charge is 0.254 e. The molecule has 0 radical (unpaired) electrons. The van der Waals surface area contributed by atoms with Crippen molar-refractivity contribution in [3.63, 3.8) is 0 Å². The fourth-order valence-corrected chi connectivity index (χ4v) is 3.09. The average molecular weight is 349 g/mol. The molecule has 1 aliphatic rings. The minimum atomic E-state index is -0.266. The zero-order valence-corrected chi connectivity index (χ0v) is 14.6. The van der Waals surface area contributed by atoms with Gasteiger partial charge < -0.3 is 9.47 Å². The van der Waals surface area contributed by atoms with Crippen LogP contribution in [0.3, 0.4) is 0 Å². The van der Waals surface area contributed by atoms with Crippen molar-refractivity contribution < 1.29 is 9.18 Å². The molecule has 26 heavy (non-hydrogen) atoms. The van der Waals surface area contributed by atoms with Crippen LogP contribution in [0, 0.1) is 5.82 Å². The summed E-state index contributed by atoms with van der Waals surface area (Å²) in [5.41, 5.74) is 2.34. The number of carbonyl (C=O) groups is 1. The van der Waals surface area contributed by atoms with Gasteiger partial charge in [-0.25, -0.2) is 9.37 Å². The van der Waals surface area contributed by atoms with E-state index in [2.05, 4.69) is 4.98 Å². The average Bonchev–Trinajstić information content (AvgIpc) is 3.42. The Balaban J connectivity index is 1.55. The second-order valence-corrected chi connectivity index (χ2v) is 6.71. The Bertz CT molecular complexity index is 928. The summed E-state index contributed by atoms with van der Waals surface area (Å²) in [6, 6.07) is 14.1. The minimum Gasteiger partial charge on any atom is -0.337 e. The summed E-state index contributed by atoms with van der Waals surface area (Å²) in [6.07, 6.45) is 5.71. The molecule has 0 spiro atoms. The van der Waals surface area contributed by atoms with Gasteiger partial charge in [-0.05, 0) is 48.2 Å². The molecule has 0 saturated heterocycles. The third-order valence-corrected chi connectivity index (χ3v) is 4.77. The van der Waals surface area contributed by atoms with E-state index in [0.29, 0.717) is 18.2 Å². The molecule has 4 nitrogen and oxygen atoms in total. The van der Waals surface area contributed by atoms with Crippen molar-refractivity contribution in [3.05, 3.63) is 78.1 Å². The van der Waals surface area contributed by atoms with Crippen LogP contribution < -0.4 is 0 Å². The normalized spacial score (nSPS) is 13.6. The number of hydrogen-bond donors (Lipinski definition) is 0. The van der Waals surface area contributed by atoms with Crippen molar-refractivity contribution in [2.75, 3.05) is 0 Å². The van der Waals surface area contributed by atoms with Crippen LogP contribution in [-0.2, 0) is 13.6 Å². The number of benzene rings is 2. The molecule has 2 aromatic carbocycles. The summed E-state index contributed by atoms with van der Waals surface area (Å²) in [4.78, 5) is 19.2. The first kappa shape index (κ1) is 16.5. The number of imidazole rings is 1. The van der Waals surface area contributed by atoms with Crippen LogP contribution in [0.5, 0.6) is 0 Å². The van der Waals surface area contributed by atoms with E-state index in [1.165, 1.54) is 12.1 Å². The number of aryl methyl sites for hydroxylation is 1. The Morgan fingerprint density at radius 3 is 2.58 bits per heavy atom. The van der Waals surface area contributed by atoms with E-state index in [1.807, 2.05) is 53.0 Å². The third kappa shape index (κ3) is 3.38. The fourth-order valence-electron chi connectivity index (χ4n) is 3.09. The van der Waals surface area contributed by atoms with Gasteiger partial charge in [0, 0.05) is 31.0 Å². The molecular formula is C21H20FN3O. The molecule has 1 aliphatic carbocycles. The molecule has 0 N–H and O–H groups in total. The van der Waals surface area contributed by atoms with Crippen molar-refractivity contribution in [2.45, 2.75) is 25.4 Å². The zero-order chi connectivity index (χ0) is 18.1. The van der Waals surface area contributed by atoms with E-state index in [9.17, 15) is 9.18 Å². The Labute approximate surface area is 151 Å². The molecule has 0 unspecified atom stereocenters. The summed E-state index contributed by atoms with van der Waals surface area (Å²) >= 11 is 0. The van der Waals surface area contributed by atoms with Crippen LogP contribution in [0.1, 0.15) is 29.0 Å². The van der Waals surface area contributed by atoms with Crippen LogP contribution in [0.25, 0.3) is 11.1 Å². The van der Waals surface area contributed by atoms with E-state index in [-0.39, 0.29) is 11.7 Å². The van der Waals surface area contributed by atoms with Crippen LogP contribution in [-0.4, -0.2) is 26.4 Å². The predicted octanol–water partition coefficient (Wildman–Crippen LogP) is 4.03. The monoisotopic (exact) mass is 349 g/mol. The zero-order valence-electron chi connectivity index (χ0n) is 14.6. The molecule has 0 bridgehead atoms. The van der Waals surface area contributed by atoms with Gasteiger partial charge in [-0.3, -0.25) is 4.79 Å². The first-order valence-electron chi connectivity index (χ1n) is 8.75. The molecule has 0 aliphatic heterocycles. The Hall–Kier alpha value is -2.95. The van der Waals surface area contributed by atoms with Gasteiger partial charge in [0.1, 0.15) is 11.6 Å². The number of halogens is 1. The summed E-state index contributed by atoms with van der Waals surface area (Å²) < 4.78 is 15.3. The van der Waals surface area contributed by atoms with Crippen molar-refractivity contribution in [2.24, 2.45) is 7.05 Å². The third-order valence-electron chi connectivity index (χ3n) is 4.77. The number of aromatic nitrogens is 2. The molecule has 0 atom stereocenters. The van der Waals surface area contributed by atoms with Gasteiger partial charge in [0.05, 0.1) is 6.54 Å². The van der Waals surface area contributed by atoms with Gasteiger partial charge in [0.25, 0.3) is 5.91 Å². The maximum absolute atomic E-state index is 13.4. The SMILES string of the molecule is Cn1ccnc1CN(C(=O)c1ccc(-c2cccc(F)c2)cc1)C1CC1. The molecule has 3 aromatic rings. The molecule has 5 heteroatoms. The lowest BCUT2D eigenvalue weighted by atomic mass is 10.0. The first-order chi connectivity index (χ1) is 12.6. The second kappa shape index (κ2) is 6.75. The lowest BCUT2D eigenvalue weighted by Crippen LogP contribution is -2.33. The Morgan fingerprint density at radius 2 is 1.96 bits per heavy atom. The number of nitrogens with zero attached hydrogens (tertiary/aromatic N) is 3. The largest absolute Gasteiger partial charge is 0.337 e. The summed E-state index contributed by atoms with van der Waals surface area (Å²) in [5.74, 6) is 0.626. The number of amides is 1. The van der Waals surface area contributed by atoms with Crippen molar-refractivity contribution in [3.8, 4) is 11.1 Å². The summed E-state index contributed by atoms with van der Waals surface area (Å²) in [5, 5.41) is 0. The maximum atomic E-state index is 13.4. The number of hydrogen-bond acceptors (Lipinski definition) is 2. The molecule has 132 valence electrons. The predicted molar refractivity (Wildman–Crippen MR) is 97.9 cm³/mol. The molecule has 1 fully saturated rings. The highest BCUT2D eigenvalue weighted by molar-refractivity contribution is 5.95. The van der Waals surface area contributed by atoms with Crippen molar-refractivity contribution in [1.29, 1.82) is 0 Å². The maximum Gasteiger partial charge on any atom is 0.254 e. The molecule has 1 amide bonds. The first-order valence-corrected chi connectivity index (χ1v) is 8.75. The minimum absolute atomic E-state index is 0.0151. The quantitative estimate of drug-likeness (QED) is 0.697. The molecule has 1 saturated carbocycles. The van der Waals surface area contributed by atoms with Gasteiger partial charge in [-0.2, -0.15) is 0 Å². The Morgan fingerprint density at radius 1 is 1.19 bits per heavy atom. The van der Waals surface area contributed by atoms with Gasteiger partial charge in [0.15, 0.2) is 0 Å². The van der Waals surface area contributed by atoms with Crippen LogP contribution in [0.2, 0.25) is 0 Å². The van der Waals surface area contributed by atoms with E-state index in [4.69, 9.17) is 0 Å². The lowest BCUT2D eigenvalue weighted by Gasteiger charge is -2.22. The molecule has 4 rings (SSSR count). The molecule has 1 heterocycles. The van der Waals surface area contributed by atoms with Crippen LogP contribution >= 0.6 is 0 Å². The Kier molecular flexibility index (Phi) is 4.29. The summed E-state index contributed by atoms with van der Waals surface area (Å²) in [6.45, 7) is 0.513. The molecule has 1 aromatic heterocycles. The van der Waals surface area contributed by atoms with E-state index >= 15 is 0 Å². The van der Waals surface area contributed by atoms with Crippen LogP contribution in [0.15, 0.2) is 60.9 Å². The number of rotatable bonds is 5. The topological polar surface area (TPSA) is 38.1 Å². The van der Waals surface area contributed by atoms with E-state index in [1.54, 1.807) is 12.3 Å². The van der Waals surface area contributed by atoms with Gasteiger partial charge in [-0.15, -0.1) is 0 Å².